The molecule has 480 valence electrons. The van der Waals surface area contributed by atoms with Crippen LogP contribution in [0.25, 0.3) is 0 Å². The number of rotatable bonds is 64. The topological polar surface area (TPSA) is 36.9 Å². The van der Waals surface area contributed by atoms with E-state index in [-0.39, 0.29) is 0 Å². The lowest BCUT2D eigenvalue weighted by atomic mass is 10.1. The van der Waals surface area contributed by atoms with Crippen molar-refractivity contribution in [1.29, 1.82) is 0 Å². The summed E-state index contributed by atoms with van der Waals surface area (Å²) in [5.74, 6) is 0. The molecule has 0 spiro atoms. The summed E-state index contributed by atoms with van der Waals surface area (Å²) in [6.45, 7) is 19.0. The summed E-state index contributed by atoms with van der Waals surface area (Å²) in [6.07, 6.45) is 76.0. The van der Waals surface area contributed by atoms with E-state index >= 15 is 0 Å². The first-order valence-electron chi connectivity index (χ1n) is 38.1. The molecular formula is C72H152O4Si4. The molecule has 1 rings (SSSR count). The van der Waals surface area contributed by atoms with E-state index in [0.717, 1.165) is 0 Å². The highest BCUT2D eigenvalue weighted by atomic mass is 28.5. The fourth-order valence-corrected chi connectivity index (χ4v) is 40.4. The molecule has 1 aliphatic heterocycles. The zero-order valence-electron chi connectivity index (χ0n) is 56.9. The molecule has 0 N–H and O–H groups in total. The van der Waals surface area contributed by atoms with Gasteiger partial charge in [0, 0.05) is 0 Å². The Bertz CT molecular complexity index is 966. The molecule has 0 unspecified atom stereocenters. The molecular weight excluding hydrogens is 1040 g/mol. The average Bonchev–Trinajstić information content (AvgIpc) is 3.45. The second kappa shape index (κ2) is 57.5. The molecule has 1 heterocycles. The summed E-state index contributed by atoms with van der Waals surface area (Å²) in [6, 6.07) is 9.55. The quantitative estimate of drug-likeness (QED) is 0.0449. The smallest absolute Gasteiger partial charge is 0.320 e. The Hall–Kier alpha value is 0.708. The van der Waals surface area contributed by atoms with Crippen LogP contribution in [0.5, 0.6) is 0 Å². The van der Waals surface area contributed by atoms with Gasteiger partial charge in [-0.1, -0.05) is 415 Å². The van der Waals surface area contributed by atoms with Crippen molar-refractivity contribution in [2.45, 2.75) is 463 Å². The maximum Gasteiger partial charge on any atom is 0.320 e. The molecule has 0 radical (unpaired) electrons. The van der Waals surface area contributed by atoms with Crippen LogP contribution in [0.4, 0.5) is 0 Å². The highest BCUT2D eigenvalue weighted by molar-refractivity contribution is 6.95. The van der Waals surface area contributed by atoms with Gasteiger partial charge in [-0.15, -0.1) is 0 Å². The summed E-state index contributed by atoms with van der Waals surface area (Å²) in [5.41, 5.74) is 0. The van der Waals surface area contributed by atoms with Gasteiger partial charge in [-0.05, 0) is 48.4 Å². The van der Waals surface area contributed by atoms with Crippen LogP contribution in [-0.2, 0) is 16.5 Å². The van der Waals surface area contributed by atoms with Gasteiger partial charge in [0.2, 0.25) is 0 Å². The Balaban J connectivity index is 4.31. The van der Waals surface area contributed by atoms with E-state index < -0.39 is 34.2 Å². The Morgan fingerprint density at radius 1 is 0.125 bits per heavy atom. The lowest BCUT2D eigenvalue weighted by Crippen LogP contribution is -2.70. The number of hydrogen-bond donors (Lipinski definition) is 0. The van der Waals surface area contributed by atoms with Gasteiger partial charge < -0.3 is 16.5 Å². The van der Waals surface area contributed by atoms with Crippen LogP contribution in [0.1, 0.15) is 415 Å². The molecule has 8 heteroatoms. The maximum atomic E-state index is 8.87. The first-order valence-corrected chi connectivity index (χ1v) is 47.0. The monoisotopic (exact) mass is 1190 g/mol. The molecule has 0 aliphatic carbocycles. The Labute approximate surface area is 511 Å². The van der Waals surface area contributed by atoms with Crippen LogP contribution < -0.4 is 0 Å². The lowest BCUT2D eigenvalue weighted by Gasteiger charge is -2.54. The van der Waals surface area contributed by atoms with Crippen LogP contribution >= 0.6 is 0 Å². The SMILES string of the molecule is CCCCCCCCC[Si]1(CCCCCCCCC)O[Si](CCCCCCCCC)(CCCCCCCCC)O[Si](CCCCCCCCC)(CCCCCCCCC)O[Si](CCCCCCCCC)(CCCCCCCCC)O1. The van der Waals surface area contributed by atoms with Crippen molar-refractivity contribution < 1.29 is 16.5 Å². The van der Waals surface area contributed by atoms with E-state index in [1.165, 1.54) is 408 Å². The van der Waals surface area contributed by atoms with Crippen LogP contribution in [-0.4, -0.2) is 34.2 Å². The molecule has 0 amide bonds. The van der Waals surface area contributed by atoms with E-state index in [4.69, 9.17) is 16.5 Å². The molecule has 0 atom stereocenters. The fraction of sp³-hybridized carbons (Fsp3) is 1.00. The minimum atomic E-state index is -2.81. The molecule has 0 saturated carbocycles. The zero-order valence-corrected chi connectivity index (χ0v) is 60.9. The van der Waals surface area contributed by atoms with E-state index in [0.29, 0.717) is 0 Å². The van der Waals surface area contributed by atoms with Crippen LogP contribution in [0, 0.1) is 0 Å². The van der Waals surface area contributed by atoms with E-state index in [1.54, 1.807) is 0 Å². The Morgan fingerprint density at radius 2 is 0.212 bits per heavy atom. The summed E-state index contributed by atoms with van der Waals surface area (Å²) in [7, 11) is -11.2. The number of hydrogen-bond acceptors (Lipinski definition) is 4. The van der Waals surface area contributed by atoms with Gasteiger partial charge in [-0.3, -0.25) is 0 Å². The highest BCUT2D eigenvalue weighted by Crippen LogP contribution is 2.47. The van der Waals surface area contributed by atoms with Gasteiger partial charge in [-0.2, -0.15) is 0 Å². The van der Waals surface area contributed by atoms with Crippen molar-refractivity contribution >= 4 is 34.2 Å². The summed E-state index contributed by atoms with van der Waals surface area (Å²) < 4.78 is 35.5. The third kappa shape index (κ3) is 43.3. The second-order valence-corrected chi connectivity index (χ2v) is 41.6. The van der Waals surface area contributed by atoms with Crippen molar-refractivity contribution in [3.05, 3.63) is 0 Å². The predicted octanol–water partition coefficient (Wildman–Crippen LogP) is 27.8. The van der Waals surface area contributed by atoms with Crippen molar-refractivity contribution in [3.8, 4) is 0 Å². The minimum absolute atomic E-state index is 1.19. The minimum Gasteiger partial charge on any atom is -0.415 e. The molecule has 1 fully saturated rings. The molecule has 1 aliphatic rings. The summed E-state index contributed by atoms with van der Waals surface area (Å²) in [4.78, 5) is 0. The standard InChI is InChI=1S/C72H152O4Si4/c1-9-17-25-33-41-49-57-65-77(66-58-50-42-34-26-18-10-2)73-78(67-59-51-43-35-27-19-11-3,68-60-52-44-36-28-20-12-4)75-80(71-63-55-47-39-31-23-15-7,72-64-56-48-40-32-24-16-8)76-79(74-77,69-61-53-45-37-29-21-13-5)70-62-54-46-38-30-22-14-6/h9-72H2,1-8H3. The van der Waals surface area contributed by atoms with Gasteiger partial charge in [-0.25, -0.2) is 0 Å². The molecule has 0 aromatic carbocycles. The lowest BCUT2D eigenvalue weighted by molar-refractivity contribution is 0.201. The summed E-state index contributed by atoms with van der Waals surface area (Å²) >= 11 is 0. The zero-order chi connectivity index (χ0) is 58.1. The van der Waals surface area contributed by atoms with E-state index in [9.17, 15) is 0 Å². The van der Waals surface area contributed by atoms with Gasteiger partial charge in [0.15, 0.2) is 0 Å². The van der Waals surface area contributed by atoms with Crippen molar-refractivity contribution in [3.63, 3.8) is 0 Å². The molecule has 0 bridgehead atoms. The molecule has 4 nitrogen and oxygen atoms in total. The molecule has 80 heavy (non-hydrogen) atoms. The van der Waals surface area contributed by atoms with Crippen molar-refractivity contribution in [2.24, 2.45) is 0 Å². The average molecular weight is 1190 g/mol. The Morgan fingerprint density at radius 3 is 0.312 bits per heavy atom. The Kier molecular flexibility index (Phi) is 56.5. The van der Waals surface area contributed by atoms with E-state index in [1.807, 2.05) is 0 Å². The third-order valence-electron chi connectivity index (χ3n) is 18.8. The second-order valence-electron chi connectivity index (χ2n) is 27.0. The van der Waals surface area contributed by atoms with Gasteiger partial charge in [0.05, 0.1) is 0 Å². The summed E-state index contributed by atoms with van der Waals surface area (Å²) in [5, 5.41) is 0. The molecule has 1 saturated heterocycles. The normalized spacial score (nSPS) is 15.9. The fourth-order valence-electron chi connectivity index (χ4n) is 13.6. The number of unbranched alkanes of at least 4 members (excludes halogenated alkanes) is 48. The van der Waals surface area contributed by atoms with Crippen LogP contribution in [0.3, 0.4) is 0 Å². The molecule has 0 aromatic heterocycles. The van der Waals surface area contributed by atoms with Gasteiger partial charge >= 0.3 is 34.2 Å². The third-order valence-corrected chi connectivity index (χ3v) is 39.6. The first kappa shape index (κ1) is 78.7. The van der Waals surface area contributed by atoms with Crippen LogP contribution in [0.15, 0.2) is 0 Å². The van der Waals surface area contributed by atoms with E-state index in [2.05, 4.69) is 55.4 Å². The van der Waals surface area contributed by atoms with Gasteiger partial charge in [0.1, 0.15) is 0 Å². The van der Waals surface area contributed by atoms with Crippen molar-refractivity contribution in [2.75, 3.05) is 0 Å². The van der Waals surface area contributed by atoms with Crippen LogP contribution in [0.2, 0.25) is 48.4 Å². The predicted molar refractivity (Wildman–Crippen MR) is 370 cm³/mol. The first-order chi connectivity index (χ1) is 39.3. The highest BCUT2D eigenvalue weighted by Gasteiger charge is 2.61. The largest absolute Gasteiger partial charge is 0.415 e. The van der Waals surface area contributed by atoms with Crippen molar-refractivity contribution in [1.82, 2.24) is 0 Å². The maximum absolute atomic E-state index is 8.87. The van der Waals surface area contributed by atoms with Gasteiger partial charge in [0.25, 0.3) is 0 Å². The molecule has 0 aromatic rings.